The molecule has 0 spiro atoms. The van der Waals surface area contributed by atoms with Crippen LogP contribution in [0.15, 0.2) is 47.1 Å². The lowest BCUT2D eigenvalue weighted by atomic mass is 10.1. The molecule has 92 valence electrons. The minimum absolute atomic E-state index is 0.582. The average Bonchev–Trinajstić information content (AvgIpc) is 2.85. The normalized spacial score (nSPS) is 9.94. The molecule has 0 saturated heterocycles. The summed E-state index contributed by atoms with van der Waals surface area (Å²) in [4.78, 5) is 4.12. The van der Waals surface area contributed by atoms with Crippen LogP contribution in [0.1, 0.15) is 19.4 Å². The van der Waals surface area contributed by atoms with Crippen LogP contribution in [0.3, 0.4) is 0 Å². The van der Waals surface area contributed by atoms with E-state index in [1.165, 1.54) is 5.56 Å². The monoisotopic (exact) mass is 240 g/mol. The Balaban J connectivity index is 0.000000574. The molecular formula is C15H16N2O. The van der Waals surface area contributed by atoms with Crippen molar-refractivity contribution in [3.63, 3.8) is 0 Å². The lowest BCUT2D eigenvalue weighted by Crippen LogP contribution is -1.80. The Bertz CT molecular complexity index is 644. The highest BCUT2D eigenvalue weighted by atomic mass is 16.5. The second-order valence-corrected chi connectivity index (χ2v) is 3.76. The molecule has 0 aliphatic carbocycles. The third-order valence-corrected chi connectivity index (χ3v) is 2.54. The molecule has 0 radical (unpaired) electrons. The van der Waals surface area contributed by atoms with Crippen molar-refractivity contribution in [1.82, 2.24) is 10.1 Å². The Morgan fingerprint density at radius 3 is 2.67 bits per heavy atom. The molecule has 3 aromatic rings. The molecular weight excluding hydrogens is 224 g/mol. The summed E-state index contributed by atoms with van der Waals surface area (Å²) in [5.41, 5.74) is 3.70. The first-order valence-corrected chi connectivity index (χ1v) is 6.12. The van der Waals surface area contributed by atoms with Gasteiger partial charge in [-0.1, -0.05) is 42.8 Å². The summed E-state index contributed by atoms with van der Waals surface area (Å²) in [6.45, 7) is 6.06. The molecule has 0 fully saturated rings. The Hall–Kier alpha value is -2.16. The van der Waals surface area contributed by atoms with Gasteiger partial charge < -0.3 is 4.52 Å². The number of aromatic nitrogens is 2. The first-order chi connectivity index (χ1) is 8.84. The van der Waals surface area contributed by atoms with Gasteiger partial charge in [-0.05, 0) is 25.1 Å². The molecule has 0 saturated carbocycles. The van der Waals surface area contributed by atoms with Gasteiger partial charge in [0, 0.05) is 11.8 Å². The van der Waals surface area contributed by atoms with Gasteiger partial charge in [0.15, 0.2) is 0 Å². The summed E-state index contributed by atoms with van der Waals surface area (Å²) in [5, 5.41) is 5.02. The van der Waals surface area contributed by atoms with Crippen LogP contribution in [-0.4, -0.2) is 10.1 Å². The summed E-state index contributed by atoms with van der Waals surface area (Å²) in [7, 11) is 0. The molecule has 0 bridgehead atoms. The molecule has 0 atom stereocenters. The van der Waals surface area contributed by atoms with Gasteiger partial charge in [-0.3, -0.25) is 0 Å². The van der Waals surface area contributed by atoms with Crippen molar-refractivity contribution in [1.29, 1.82) is 0 Å². The molecule has 0 N–H and O–H groups in total. The van der Waals surface area contributed by atoms with Gasteiger partial charge in [-0.25, -0.2) is 4.98 Å². The topological polar surface area (TPSA) is 38.9 Å². The molecule has 3 nitrogen and oxygen atoms in total. The van der Waals surface area contributed by atoms with E-state index in [1.807, 2.05) is 38.1 Å². The zero-order valence-electron chi connectivity index (χ0n) is 10.8. The summed E-state index contributed by atoms with van der Waals surface area (Å²) in [6, 6.07) is 12.0. The van der Waals surface area contributed by atoms with Gasteiger partial charge in [0.1, 0.15) is 5.69 Å². The quantitative estimate of drug-likeness (QED) is 0.639. The molecule has 0 aliphatic heterocycles. The fraction of sp³-hybridized carbons (Fsp3) is 0.200. The van der Waals surface area contributed by atoms with Crippen LogP contribution in [-0.2, 0) is 0 Å². The van der Waals surface area contributed by atoms with Crippen LogP contribution in [0.5, 0.6) is 0 Å². The molecule has 2 heterocycles. The predicted molar refractivity (Wildman–Crippen MR) is 73.3 cm³/mol. The number of benzene rings is 1. The second-order valence-electron chi connectivity index (χ2n) is 3.76. The second kappa shape index (κ2) is 5.45. The van der Waals surface area contributed by atoms with Crippen molar-refractivity contribution in [2.24, 2.45) is 0 Å². The maximum Gasteiger partial charge on any atom is 0.258 e. The largest absolute Gasteiger partial charge is 0.335 e. The summed E-state index contributed by atoms with van der Waals surface area (Å²) in [5.74, 6) is 0. The number of hydrogen-bond donors (Lipinski definition) is 0. The number of rotatable bonds is 1. The van der Waals surface area contributed by atoms with Crippen LogP contribution < -0.4 is 0 Å². The zero-order valence-corrected chi connectivity index (χ0v) is 10.8. The maximum atomic E-state index is 5.18. The van der Waals surface area contributed by atoms with Gasteiger partial charge in [0.05, 0.1) is 5.39 Å². The van der Waals surface area contributed by atoms with Gasteiger partial charge in [-0.15, -0.1) is 0 Å². The number of aryl methyl sites for hydroxylation is 1. The molecule has 0 aliphatic rings. The van der Waals surface area contributed by atoms with Gasteiger partial charge >= 0.3 is 0 Å². The van der Waals surface area contributed by atoms with E-state index in [4.69, 9.17) is 4.52 Å². The first-order valence-electron chi connectivity index (χ1n) is 6.12. The third-order valence-electron chi connectivity index (χ3n) is 2.54. The highest BCUT2D eigenvalue weighted by Gasteiger charge is 2.10. The molecule has 1 aromatic carbocycles. The maximum absolute atomic E-state index is 5.18. The van der Waals surface area contributed by atoms with Crippen molar-refractivity contribution >= 4 is 11.1 Å². The van der Waals surface area contributed by atoms with Crippen molar-refractivity contribution in [3.8, 4) is 11.3 Å². The summed E-state index contributed by atoms with van der Waals surface area (Å²) in [6.07, 6.45) is 1.70. The predicted octanol–water partition coefficient (Wildman–Crippen LogP) is 4.22. The smallest absolute Gasteiger partial charge is 0.258 e. The summed E-state index contributed by atoms with van der Waals surface area (Å²) < 4.78 is 5.18. The Morgan fingerprint density at radius 2 is 1.89 bits per heavy atom. The molecule has 3 heteroatoms. The number of fused-ring (bicyclic) bond motifs is 1. The number of nitrogens with zero attached hydrogens (tertiary/aromatic N) is 2. The van der Waals surface area contributed by atoms with Gasteiger partial charge in [0.2, 0.25) is 0 Å². The van der Waals surface area contributed by atoms with E-state index in [1.54, 1.807) is 6.20 Å². The van der Waals surface area contributed by atoms with Crippen molar-refractivity contribution < 1.29 is 4.52 Å². The fourth-order valence-corrected chi connectivity index (χ4v) is 1.78. The van der Waals surface area contributed by atoms with Crippen LogP contribution >= 0.6 is 0 Å². The van der Waals surface area contributed by atoms with Crippen LogP contribution in [0.4, 0.5) is 0 Å². The fourth-order valence-electron chi connectivity index (χ4n) is 1.78. The third kappa shape index (κ3) is 2.25. The molecule has 0 unspecified atom stereocenters. The van der Waals surface area contributed by atoms with E-state index in [-0.39, 0.29) is 0 Å². The Morgan fingerprint density at radius 1 is 1.06 bits per heavy atom. The van der Waals surface area contributed by atoms with Gasteiger partial charge in [0.25, 0.3) is 5.71 Å². The van der Waals surface area contributed by atoms with E-state index >= 15 is 0 Å². The SMILES string of the molecule is CC.Cc1cccc(-c2noc3ncccc23)c1. The van der Waals surface area contributed by atoms with E-state index in [2.05, 4.69) is 29.2 Å². The van der Waals surface area contributed by atoms with Crippen LogP contribution in [0, 0.1) is 6.92 Å². The Labute approximate surface area is 106 Å². The van der Waals surface area contributed by atoms with Crippen LogP contribution in [0.2, 0.25) is 0 Å². The summed E-state index contributed by atoms with van der Waals surface area (Å²) >= 11 is 0. The molecule has 0 amide bonds. The lowest BCUT2D eigenvalue weighted by Gasteiger charge is -1.97. The number of pyridine rings is 1. The Kier molecular flexibility index (Phi) is 3.72. The minimum Gasteiger partial charge on any atom is -0.335 e. The minimum atomic E-state index is 0.582. The lowest BCUT2D eigenvalue weighted by molar-refractivity contribution is 0.451. The highest BCUT2D eigenvalue weighted by molar-refractivity contribution is 5.89. The first kappa shape index (κ1) is 12.3. The molecule has 2 aromatic heterocycles. The van der Waals surface area contributed by atoms with Crippen molar-refractivity contribution in [2.75, 3.05) is 0 Å². The standard InChI is InChI=1S/C13H10N2O.C2H6/c1-9-4-2-5-10(8-9)12-11-6-3-7-14-13(11)16-15-12;1-2/h2-8H,1H3;1-2H3. The molecule has 3 rings (SSSR count). The van der Waals surface area contributed by atoms with Crippen molar-refractivity contribution in [2.45, 2.75) is 20.8 Å². The van der Waals surface area contributed by atoms with E-state index < -0.39 is 0 Å². The van der Waals surface area contributed by atoms with E-state index in [9.17, 15) is 0 Å². The van der Waals surface area contributed by atoms with Gasteiger partial charge in [-0.2, -0.15) is 0 Å². The zero-order chi connectivity index (χ0) is 13.0. The average molecular weight is 240 g/mol. The van der Waals surface area contributed by atoms with Crippen LogP contribution in [0.25, 0.3) is 22.4 Å². The number of hydrogen-bond acceptors (Lipinski definition) is 3. The van der Waals surface area contributed by atoms with E-state index in [0.29, 0.717) is 5.71 Å². The highest BCUT2D eigenvalue weighted by Crippen LogP contribution is 2.26. The van der Waals surface area contributed by atoms with E-state index in [0.717, 1.165) is 16.6 Å². The van der Waals surface area contributed by atoms with Crippen molar-refractivity contribution in [3.05, 3.63) is 48.2 Å². The molecule has 18 heavy (non-hydrogen) atoms.